The van der Waals surface area contributed by atoms with E-state index in [1.807, 2.05) is 0 Å². The summed E-state index contributed by atoms with van der Waals surface area (Å²) in [4.78, 5) is -0.617. The third-order valence-corrected chi connectivity index (χ3v) is 4.43. The highest BCUT2D eigenvalue weighted by Gasteiger charge is 2.22. The van der Waals surface area contributed by atoms with Crippen LogP contribution in [0.3, 0.4) is 0 Å². The van der Waals surface area contributed by atoms with Gasteiger partial charge in [0, 0.05) is 5.69 Å². The normalized spacial score (nSPS) is 11.4. The van der Waals surface area contributed by atoms with Gasteiger partial charge in [-0.3, -0.25) is 4.72 Å². The zero-order chi connectivity index (χ0) is 15.8. The van der Waals surface area contributed by atoms with E-state index < -0.39 is 26.6 Å². The first-order valence-corrected chi connectivity index (χ1v) is 7.54. The van der Waals surface area contributed by atoms with Gasteiger partial charge < -0.3 is 5.73 Å². The summed E-state index contributed by atoms with van der Waals surface area (Å²) in [5.74, 6) is -1.68. The van der Waals surface area contributed by atoms with Gasteiger partial charge in [0.2, 0.25) is 0 Å². The van der Waals surface area contributed by atoms with Crippen molar-refractivity contribution in [3.8, 4) is 0 Å². The van der Waals surface area contributed by atoms with Gasteiger partial charge in [-0.25, -0.2) is 17.2 Å². The Morgan fingerprint density at radius 3 is 2.33 bits per heavy atom. The Hall–Kier alpha value is -2.15. The van der Waals surface area contributed by atoms with Crippen molar-refractivity contribution in [1.82, 2.24) is 0 Å². The summed E-state index contributed by atoms with van der Waals surface area (Å²) >= 11 is 0. The lowest BCUT2D eigenvalue weighted by Gasteiger charge is -2.13. The van der Waals surface area contributed by atoms with Crippen LogP contribution in [0.1, 0.15) is 11.1 Å². The number of nitrogen functional groups attached to an aromatic ring is 1. The van der Waals surface area contributed by atoms with Crippen LogP contribution in [0, 0.1) is 25.5 Å². The Kier molecular flexibility index (Phi) is 3.87. The first-order chi connectivity index (χ1) is 9.72. The average molecular weight is 312 g/mol. The van der Waals surface area contributed by atoms with Crippen LogP contribution in [0.5, 0.6) is 0 Å². The second-order valence-corrected chi connectivity index (χ2v) is 6.33. The largest absolute Gasteiger partial charge is 0.398 e. The monoisotopic (exact) mass is 312 g/mol. The van der Waals surface area contributed by atoms with Crippen molar-refractivity contribution in [1.29, 1.82) is 0 Å². The minimum Gasteiger partial charge on any atom is -0.398 e. The number of aryl methyl sites for hydroxylation is 2. The third-order valence-electron chi connectivity index (χ3n) is 3.07. The number of hydrogen-bond donors (Lipinski definition) is 2. The standard InChI is InChI=1S/C14H14F2N2O2S/c1-8-4-3-5-10(15)14(8)18-21(19,20)13-7-12(17)9(2)6-11(13)16/h3-7,18H,17H2,1-2H3. The molecule has 0 saturated heterocycles. The van der Waals surface area contributed by atoms with Gasteiger partial charge in [0.15, 0.2) is 0 Å². The fraction of sp³-hybridized carbons (Fsp3) is 0.143. The van der Waals surface area contributed by atoms with E-state index in [2.05, 4.69) is 4.72 Å². The molecule has 2 rings (SSSR count). The van der Waals surface area contributed by atoms with Crippen molar-refractivity contribution >= 4 is 21.4 Å². The molecule has 2 aromatic rings. The van der Waals surface area contributed by atoms with Crippen molar-refractivity contribution in [3.63, 3.8) is 0 Å². The number of nitrogens with one attached hydrogen (secondary N) is 1. The molecule has 0 amide bonds. The van der Waals surface area contributed by atoms with E-state index >= 15 is 0 Å². The lowest BCUT2D eigenvalue weighted by atomic mass is 10.2. The van der Waals surface area contributed by atoms with Crippen LogP contribution in [-0.2, 0) is 10.0 Å². The first kappa shape index (κ1) is 15.2. The highest BCUT2D eigenvalue weighted by molar-refractivity contribution is 7.92. The summed E-state index contributed by atoms with van der Waals surface area (Å²) in [5.41, 5.74) is 6.35. The number of benzene rings is 2. The molecule has 0 aromatic heterocycles. The van der Waals surface area contributed by atoms with E-state index in [0.29, 0.717) is 11.1 Å². The minimum atomic E-state index is -4.27. The Bertz CT molecular complexity index is 785. The van der Waals surface area contributed by atoms with E-state index in [1.54, 1.807) is 19.9 Å². The van der Waals surface area contributed by atoms with Gasteiger partial charge in [-0.2, -0.15) is 0 Å². The fourth-order valence-corrected chi connectivity index (χ4v) is 3.06. The van der Waals surface area contributed by atoms with Gasteiger partial charge in [0.25, 0.3) is 10.0 Å². The summed E-state index contributed by atoms with van der Waals surface area (Å²) in [6.45, 7) is 3.10. The van der Waals surface area contributed by atoms with Crippen LogP contribution in [0.15, 0.2) is 35.2 Å². The predicted molar refractivity (Wildman–Crippen MR) is 77.5 cm³/mol. The van der Waals surface area contributed by atoms with Crippen LogP contribution in [-0.4, -0.2) is 8.42 Å². The van der Waals surface area contributed by atoms with Crippen LogP contribution in [0.4, 0.5) is 20.2 Å². The molecule has 4 nitrogen and oxygen atoms in total. The zero-order valence-electron chi connectivity index (χ0n) is 11.4. The van der Waals surface area contributed by atoms with E-state index in [0.717, 1.165) is 18.2 Å². The Morgan fingerprint density at radius 1 is 1.05 bits per heavy atom. The lowest BCUT2D eigenvalue weighted by molar-refractivity contribution is 0.569. The number of hydrogen-bond acceptors (Lipinski definition) is 3. The van der Waals surface area contributed by atoms with E-state index in [9.17, 15) is 17.2 Å². The summed E-state index contributed by atoms with van der Waals surface area (Å²) < 4.78 is 54.1. The Morgan fingerprint density at radius 2 is 1.71 bits per heavy atom. The molecule has 0 bridgehead atoms. The van der Waals surface area contributed by atoms with Gasteiger partial charge >= 0.3 is 0 Å². The number of halogens is 2. The van der Waals surface area contributed by atoms with Gasteiger partial charge in [-0.05, 0) is 43.2 Å². The first-order valence-electron chi connectivity index (χ1n) is 6.06. The lowest BCUT2D eigenvalue weighted by Crippen LogP contribution is -2.17. The molecule has 0 saturated carbocycles. The average Bonchev–Trinajstić information content (AvgIpc) is 2.38. The maximum absolute atomic E-state index is 13.9. The fourth-order valence-electron chi connectivity index (χ4n) is 1.83. The van der Waals surface area contributed by atoms with Crippen molar-refractivity contribution in [3.05, 3.63) is 53.1 Å². The van der Waals surface area contributed by atoms with Crippen molar-refractivity contribution in [2.24, 2.45) is 0 Å². The number of anilines is 2. The highest BCUT2D eigenvalue weighted by atomic mass is 32.2. The maximum atomic E-state index is 13.9. The van der Waals surface area contributed by atoms with E-state index in [4.69, 9.17) is 5.73 Å². The van der Waals surface area contributed by atoms with Crippen LogP contribution in [0.2, 0.25) is 0 Å². The molecule has 0 aliphatic heterocycles. The smallest absolute Gasteiger partial charge is 0.264 e. The summed E-state index contributed by atoms with van der Waals surface area (Å²) in [6.07, 6.45) is 0. The zero-order valence-corrected chi connectivity index (χ0v) is 12.3. The number of rotatable bonds is 3. The van der Waals surface area contributed by atoms with E-state index in [-0.39, 0.29) is 11.4 Å². The van der Waals surface area contributed by atoms with Crippen LogP contribution < -0.4 is 10.5 Å². The minimum absolute atomic E-state index is 0.141. The molecule has 7 heteroatoms. The van der Waals surface area contributed by atoms with Crippen molar-refractivity contribution in [2.45, 2.75) is 18.7 Å². The SMILES string of the molecule is Cc1cc(F)c(S(=O)(=O)Nc2c(C)cccc2F)cc1N. The molecule has 0 unspecified atom stereocenters. The van der Waals surface area contributed by atoms with Crippen molar-refractivity contribution < 1.29 is 17.2 Å². The second kappa shape index (κ2) is 5.33. The molecule has 2 aromatic carbocycles. The molecule has 0 heterocycles. The molecule has 3 N–H and O–H groups in total. The number of para-hydroxylation sites is 1. The molecule has 0 fully saturated rings. The molecule has 21 heavy (non-hydrogen) atoms. The molecular formula is C14H14F2N2O2S. The molecule has 0 radical (unpaired) electrons. The van der Waals surface area contributed by atoms with Gasteiger partial charge in [-0.1, -0.05) is 12.1 Å². The van der Waals surface area contributed by atoms with Crippen LogP contribution in [0.25, 0.3) is 0 Å². The number of sulfonamides is 1. The van der Waals surface area contributed by atoms with E-state index in [1.165, 1.54) is 6.07 Å². The molecule has 0 aliphatic rings. The third kappa shape index (κ3) is 2.97. The van der Waals surface area contributed by atoms with Crippen LogP contribution >= 0.6 is 0 Å². The topological polar surface area (TPSA) is 72.2 Å². The summed E-state index contributed by atoms with van der Waals surface area (Å²) in [7, 11) is -4.27. The highest BCUT2D eigenvalue weighted by Crippen LogP contribution is 2.26. The molecular weight excluding hydrogens is 298 g/mol. The Labute approximate surface area is 121 Å². The van der Waals surface area contributed by atoms with Crippen molar-refractivity contribution in [2.75, 3.05) is 10.5 Å². The molecule has 112 valence electrons. The summed E-state index contributed by atoms with van der Waals surface area (Å²) in [6, 6.07) is 6.15. The van der Waals surface area contributed by atoms with Gasteiger partial charge in [-0.15, -0.1) is 0 Å². The molecule has 0 aliphatic carbocycles. The predicted octanol–water partition coefficient (Wildman–Crippen LogP) is 2.96. The molecule has 0 atom stereocenters. The molecule has 0 spiro atoms. The second-order valence-electron chi connectivity index (χ2n) is 4.68. The van der Waals surface area contributed by atoms with Gasteiger partial charge in [0.05, 0.1) is 5.69 Å². The maximum Gasteiger partial charge on any atom is 0.264 e. The number of nitrogens with two attached hydrogens (primary N) is 1. The quantitative estimate of drug-likeness (QED) is 0.856. The summed E-state index contributed by atoms with van der Waals surface area (Å²) in [5, 5.41) is 0. The van der Waals surface area contributed by atoms with Gasteiger partial charge in [0.1, 0.15) is 16.5 Å². The Balaban J connectivity index is 2.51.